The number of aryl methyl sites for hydroxylation is 1. The van der Waals surface area contributed by atoms with Gasteiger partial charge in [0.05, 0.1) is 17.9 Å². The van der Waals surface area contributed by atoms with Gasteiger partial charge in [-0.05, 0) is 36.3 Å². The van der Waals surface area contributed by atoms with E-state index in [0.717, 1.165) is 29.7 Å². The van der Waals surface area contributed by atoms with Crippen molar-refractivity contribution in [3.63, 3.8) is 0 Å². The van der Waals surface area contributed by atoms with E-state index in [-0.39, 0.29) is 6.04 Å². The Morgan fingerprint density at radius 3 is 2.71 bits per heavy atom. The maximum absolute atomic E-state index is 13.0. The minimum Gasteiger partial charge on any atom is -0.481 e. The first-order valence-electron chi connectivity index (χ1n) is 7.68. The van der Waals surface area contributed by atoms with Crippen LogP contribution in [0.5, 0.6) is 0 Å². The first-order chi connectivity index (χ1) is 11.3. The van der Waals surface area contributed by atoms with Gasteiger partial charge in [0.1, 0.15) is 0 Å². The number of hydrogen-bond acceptors (Lipinski definition) is 3. The molecule has 0 spiro atoms. The molecule has 9 heteroatoms. The minimum atomic E-state index is -4.64. The lowest BCUT2D eigenvalue weighted by Gasteiger charge is -2.26. The number of halogens is 3. The van der Waals surface area contributed by atoms with Crippen LogP contribution in [0.4, 0.5) is 18.0 Å². The molecule has 1 unspecified atom stereocenters. The number of hydrogen-bond donors (Lipinski definition) is 2. The van der Waals surface area contributed by atoms with Gasteiger partial charge in [0.15, 0.2) is 0 Å². The number of thiophene rings is 1. The van der Waals surface area contributed by atoms with Crippen molar-refractivity contribution in [2.75, 3.05) is 13.1 Å². The number of aliphatic carboxylic acids is 1. The van der Waals surface area contributed by atoms with Crippen LogP contribution in [0.3, 0.4) is 0 Å². The maximum atomic E-state index is 13.0. The van der Waals surface area contributed by atoms with Gasteiger partial charge in [0.2, 0.25) is 0 Å². The average Bonchev–Trinajstić information content (AvgIpc) is 3.14. The molecule has 132 valence electrons. The molecule has 1 aromatic heterocycles. The van der Waals surface area contributed by atoms with E-state index < -0.39 is 43.1 Å². The van der Waals surface area contributed by atoms with Gasteiger partial charge < -0.3 is 15.3 Å². The number of fused-ring (bicyclic) bond motifs is 1. The van der Waals surface area contributed by atoms with Gasteiger partial charge in [-0.2, -0.15) is 13.2 Å². The molecule has 1 saturated heterocycles. The van der Waals surface area contributed by atoms with Gasteiger partial charge in [-0.15, -0.1) is 11.3 Å². The summed E-state index contributed by atoms with van der Waals surface area (Å²) in [6.45, 7) is -1.04. The molecule has 1 aliphatic heterocycles. The molecule has 2 amide bonds. The molecule has 1 aliphatic carbocycles. The van der Waals surface area contributed by atoms with Crippen molar-refractivity contribution in [2.45, 2.75) is 31.5 Å². The molecule has 1 aromatic rings. The van der Waals surface area contributed by atoms with Crippen molar-refractivity contribution in [3.8, 4) is 0 Å². The number of rotatable bonds is 2. The van der Waals surface area contributed by atoms with Crippen molar-refractivity contribution in [3.05, 3.63) is 21.9 Å². The molecule has 1 fully saturated rings. The van der Waals surface area contributed by atoms with E-state index in [1.165, 1.54) is 4.88 Å². The van der Waals surface area contributed by atoms with Crippen molar-refractivity contribution in [2.24, 2.45) is 11.8 Å². The molecule has 24 heavy (non-hydrogen) atoms. The number of carboxylic acids is 1. The average molecular weight is 362 g/mol. The molecule has 0 radical (unpaired) electrons. The molecule has 3 atom stereocenters. The Bertz CT molecular complexity index is 646. The van der Waals surface area contributed by atoms with Crippen molar-refractivity contribution >= 4 is 23.3 Å². The third-order valence-corrected chi connectivity index (χ3v) is 5.69. The summed E-state index contributed by atoms with van der Waals surface area (Å²) in [4.78, 5) is 25.6. The number of carbonyl (C=O) groups is 2. The van der Waals surface area contributed by atoms with E-state index in [1.54, 1.807) is 11.3 Å². The van der Waals surface area contributed by atoms with Crippen LogP contribution >= 0.6 is 11.3 Å². The van der Waals surface area contributed by atoms with Gasteiger partial charge in [-0.3, -0.25) is 4.79 Å². The van der Waals surface area contributed by atoms with Crippen LogP contribution in [0.15, 0.2) is 11.4 Å². The topological polar surface area (TPSA) is 69.6 Å². The molecular weight excluding hydrogens is 345 g/mol. The zero-order chi connectivity index (χ0) is 17.5. The first kappa shape index (κ1) is 17.1. The third-order valence-electron chi connectivity index (χ3n) is 4.69. The summed E-state index contributed by atoms with van der Waals surface area (Å²) < 4.78 is 39.0. The summed E-state index contributed by atoms with van der Waals surface area (Å²) in [5.74, 6) is -5.16. The molecule has 0 saturated carbocycles. The summed E-state index contributed by atoms with van der Waals surface area (Å²) in [6.07, 6.45) is -2.06. The molecule has 2 N–H and O–H groups in total. The number of alkyl halides is 3. The second kappa shape index (κ2) is 6.27. The van der Waals surface area contributed by atoms with Crippen LogP contribution in [0.1, 0.15) is 29.3 Å². The quantitative estimate of drug-likeness (QED) is 0.850. The fourth-order valence-electron chi connectivity index (χ4n) is 3.43. The Hall–Kier alpha value is -1.77. The molecule has 3 rings (SSSR count). The second-order valence-corrected chi connectivity index (χ2v) is 7.19. The molecule has 2 aliphatic rings. The monoisotopic (exact) mass is 362 g/mol. The number of amides is 2. The maximum Gasteiger partial charge on any atom is 0.394 e. The predicted octanol–water partition coefficient (Wildman–Crippen LogP) is 3.03. The molecule has 2 heterocycles. The number of carboxylic acid groups (broad SMARTS) is 1. The van der Waals surface area contributed by atoms with E-state index in [2.05, 4.69) is 5.32 Å². The highest BCUT2D eigenvalue weighted by atomic mass is 32.1. The number of nitrogens with one attached hydrogen (secondary N) is 1. The van der Waals surface area contributed by atoms with Crippen LogP contribution in [0.25, 0.3) is 0 Å². The highest BCUT2D eigenvalue weighted by molar-refractivity contribution is 7.10. The first-order valence-corrected chi connectivity index (χ1v) is 8.56. The Morgan fingerprint density at radius 1 is 1.33 bits per heavy atom. The summed E-state index contributed by atoms with van der Waals surface area (Å²) in [7, 11) is 0. The van der Waals surface area contributed by atoms with Crippen LogP contribution in [0.2, 0.25) is 0 Å². The van der Waals surface area contributed by atoms with Crippen LogP contribution < -0.4 is 5.32 Å². The summed E-state index contributed by atoms with van der Waals surface area (Å²) in [5.41, 5.74) is 1.01. The standard InChI is InChI=1S/C15H17F3N2O3S/c16-15(17,18)10-7-20(6-9(10)13(21)22)14(23)19-11-2-1-3-12-8(11)4-5-24-12/h4-5,9-11H,1-3,6-7H2,(H,19,23)(H,21,22)/t9-,10-,11?/m1/s1. The lowest BCUT2D eigenvalue weighted by molar-refractivity contribution is -0.187. The summed E-state index contributed by atoms with van der Waals surface area (Å²) in [5, 5.41) is 13.7. The summed E-state index contributed by atoms with van der Waals surface area (Å²) >= 11 is 1.61. The van der Waals surface area contributed by atoms with Crippen molar-refractivity contribution < 1.29 is 27.9 Å². The Balaban J connectivity index is 1.70. The highest BCUT2D eigenvalue weighted by Gasteiger charge is 2.53. The number of likely N-dealkylation sites (tertiary alicyclic amines) is 1. The Kier molecular flexibility index (Phi) is 4.46. The molecule has 0 bridgehead atoms. The Morgan fingerprint density at radius 2 is 2.08 bits per heavy atom. The lowest BCUT2D eigenvalue weighted by atomic mass is 9.94. The fraction of sp³-hybridized carbons (Fsp3) is 0.600. The summed E-state index contributed by atoms with van der Waals surface area (Å²) in [6, 6.07) is 1.07. The van der Waals surface area contributed by atoms with Crippen LogP contribution in [-0.4, -0.2) is 41.3 Å². The lowest BCUT2D eigenvalue weighted by Crippen LogP contribution is -2.41. The van der Waals surface area contributed by atoms with Crippen molar-refractivity contribution in [1.82, 2.24) is 10.2 Å². The van der Waals surface area contributed by atoms with Crippen LogP contribution in [-0.2, 0) is 11.2 Å². The largest absolute Gasteiger partial charge is 0.481 e. The molecule has 5 nitrogen and oxygen atoms in total. The third kappa shape index (κ3) is 3.22. The second-order valence-electron chi connectivity index (χ2n) is 6.19. The predicted molar refractivity (Wildman–Crippen MR) is 80.8 cm³/mol. The smallest absolute Gasteiger partial charge is 0.394 e. The van der Waals surface area contributed by atoms with Gasteiger partial charge in [0.25, 0.3) is 0 Å². The number of urea groups is 1. The van der Waals surface area contributed by atoms with E-state index in [1.807, 2.05) is 11.4 Å². The fourth-order valence-corrected chi connectivity index (χ4v) is 4.42. The van der Waals surface area contributed by atoms with E-state index >= 15 is 0 Å². The van der Waals surface area contributed by atoms with Crippen LogP contribution in [0, 0.1) is 11.8 Å². The van der Waals surface area contributed by atoms with E-state index in [0.29, 0.717) is 0 Å². The minimum absolute atomic E-state index is 0.222. The zero-order valence-electron chi connectivity index (χ0n) is 12.7. The number of carbonyl (C=O) groups excluding carboxylic acids is 1. The Labute approximate surface area is 140 Å². The van der Waals surface area contributed by atoms with E-state index in [4.69, 9.17) is 5.11 Å². The van der Waals surface area contributed by atoms with Gasteiger partial charge in [-0.1, -0.05) is 0 Å². The van der Waals surface area contributed by atoms with Crippen molar-refractivity contribution in [1.29, 1.82) is 0 Å². The number of nitrogens with zero attached hydrogens (tertiary/aromatic N) is 1. The zero-order valence-corrected chi connectivity index (χ0v) is 13.5. The van der Waals surface area contributed by atoms with Gasteiger partial charge >= 0.3 is 18.2 Å². The normalized spacial score (nSPS) is 27.0. The molecular formula is C15H17F3N2O3S. The van der Waals surface area contributed by atoms with Gasteiger partial charge in [-0.25, -0.2) is 4.79 Å². The molecule has 0 aromatic carbocycles. The SMILES string of the molecule is O=C(O)[C@@H]1CN(C(=O)NC2CCCc3sccc32)C[C@H]1C(F)(F)F. The van der Waals surface area contributed by atoms with Gasteiger partial charge in [0, 0.05) is 18.0 Å². The van der Waals surface area contributed by atoms with E-state index in [9.17, 15) is 22.8 Å². The highest BCUT2D eigenvalue weighted by Crippen LogP contribution is 2.38.